The smallest absolute Gasteiger partial charge is 0.118 e. The highest BCUT2D eigenvalue weighted by atomic mass is 16.5. The molecule has 0 saturated carbocycles. The van der Waals surface area contributed by atoms with E-state index in [-0.39, 0.29) is 0 Å². The lowest BCUT2D eigenvalue weighted by atomic mass is 10.0. The molecule has 1 aromatic rings. The maximum atomic E-state index is 5.19. The van der Waals surface area contributed by atoms with Crippen molar-refractivity contribution in [3.63, 3.8) is 0 Å². The van der Waals surface area contributed by atoms with Crippen molar-refractivity contribution < 1.29 is 4.74 Å². The Morgan fingerprint density at radius 3 is 2.32 bits per heavy atom. The van der Waals surface area contributed by atoms with Crippen LogP contribution >= 0.6 is 0 Å². The van der Waals surface area contributed by atoms with Gasteiger partial charge in [-0.15, -0.1) is 0 Å². The van der Waals surface area contributed by atoms with Gasteiger partial charge in [0.05, 0.1) is 7.11 Å². The van der Waals surface area contributed by atoms with E-state index in [2.05, 4.69) is 50.2 Å². The number of rotatable bonds is 8. The SMILES string of the molecule is CCNCC(C(C)C)N(C)Cc1ccc(OC)cc1. The summed E-state index contributed by atoms with van der Waals surface area (Å²) >= 11 is 0. The summed E-state index contributed by atoms with van der Waals surface area (Å²) in [4.78, 5) is 2.43. The van der Waals surface area contributed by atoms with Crippen LogP contribution in [0.5, 0.6) is 5.75 Å². The molecule has 0 aliphatic heterocycles. The Kier molecular flexibility index (Phi) is 6.89. The Bertz CT molecular complexity index is 348. The molecule has 3 nitrogen and oxygen atoms in total. The highest BCUT2D eigenvalue weighted by Crippen LogP contribution is 2.15. The monoisotopic (exact) mass is 264 g/mol. The zero-order valence-electron chi connectivity index (χ0n) is 12.9. The van der Waals surface area contributed by atoms with Crippen LogP contribution in [0.1, 0.15) is 26.3 Å². The van der Waals surface area contributed by atoms with E-state index in [9.17, 15) is 0 Å². The van der Waals surface area contributed by atoms with Crippen LogP contribution in [0, 0.1) is 5.92 Å². The van der Waals surface area contributed by atoms with Crippen LogP contribution in [-0.4, -0.2) is 38.2 Å². The van der Waals surface area contributed by atoms with Crippen LogP contribution in [-0.2, 0) is 6.54 Å². The molecule has 0 spiro atoms. The van der Waals surface area contributed by atoms with E-state index in [0.29, 0.717) is 12.0 Å². The molecule has 0 saturated heterocycles. The molecule has 0 aliphatic carbocycles. The predicted molar refractivity (Wildman–Crippen MR) is 81.6 cm³/mol. The molecule has 108 valence electrons. The standard InChI is InChI=1S/C16H28N2O/c1-6-17-11-16(13(2)3)18(4)12-14-7-9-15(19-5)10-8-14/h7-10,13,16-17H,6,11-12H2,1-5H3. The first kappa shape index (κ1) is 16.0. The minimum Gasteiger partial charge on any atom is -0.497 e. The van der Waals surface area contributed by atoms with Gasteiger partial charge in [-0.3, -0.25) is 4.90 Å². The van der Waals surface area contributed by atoms with Gasteiger partial charge in [0.1, 0.15) is 5.75 Å². The van der Waals surface area contributed by atoms with Crippen molar-refractivity contribution in [3.8, 4) is 5.75 Å². The third-order valence-corrected chi connectivity index (χ3v) is 3.53. The molecule has 0 aliphatic rings. The lowest BCUT2D eigenvalue weighted by Gasteiger charge is -2.31. The first-order valence-electron chi connectivity index (χ1n) is 7.12. The second-order valence-electron chi connectivity index (χ2n) is 5.38. The number of nitrogens with zero attached hydrogens (tertiary/aromatic N) is 1. The van der Waals surface area contributed by atoms with Gasteiger partial charge in [-0.2, -0.15) is 0 Å². The number of methoxy groups -OCH3 is 1. The molecular weight excluding hydrogens is 236 g/mol. The Hall–Kier alpha value is -1.06. The fourth-order valence-electron chi connectivity index (χ4n) is 2.33. The summed E-state index contributed by atoms with van der Waals surface area (Å²) in [6.45, 7) is 9.76. The van der Waals surface area contributed by atoms with Gasteiger partial charge in [-0.25, -0.2) is 0 Å². The Balaban J connectivity index is 2.61. The van der Waals surface area contributed by atoms with E-state index in [4.69, 9.17) is 4.74 Å². The quantitative estimate of drug-likeness (QED) is 0.781. The van der Waals surface area contributed by atoms with Gasteiger partial charge in [0.25, 0.3) is 0 Å². The number of nitrogens with one attached hydrogen (secondary N) is 1. The molecule has 0 bridgehead atoms. The van der Waals surface area contributed by atoms with Gasteiger partial charge in [0.2, 0.25) is 0 Å². The van der Waals surface area contributed by atoms with Gasteiger partial charge in [-0.05, 0) is 37.2 Å². The average molecular weight is 264 g/mol. The second kappa shape index (κ2) is 8.18. The lowest BCUT2D eigenvalue weighted by molar-refractivity contribution is 0.180. The molecule has 0 radical (unpaired) electrons. The summed E-state index contributed by atoms with van der Waals surface area (Å²) in [7, 11) is 3.90. The Morgan fingerprint density at radius 1 is 1.21 bits per heavy atom. The van der Waals surface area contributed by atoms with Crippen LogP contribution in [0.2, 0.25) is 0 Å². The molecule has 3 heteroatoms. The number of hydrogen-bond donors (Lipinski definition) is 1. The summed E-state index contributed by atoms with van der Waals surface area (Å²) < 4.78 is 5.19. The molecule has 0 fully saturated rings. The number of benzene rings is 1. The Morgan fingerprint density at radius 2 is 1.84 bits per heavy atom. The van der Waals surface area contributed by atoms with Crippen molar-refractivity contribution in [3.05, 3.63) is 29.8 Å². The van der Waals surface area contributed by atoms with Gasteiger partial charge in [0.15, 0.2) is 0 Å². The van der Waals surface area contributed by atoms with Crippen LogP contribution in [0.25, 0.3) is 0 Å². The van der Waals surface area contributed by atoms with E-state index in [1.54, 1.807) is 7.11 Å². The summed E-state index contributed by atoms with van der Waals surface area (Å²) in [6.07, 6.45) is 0. The van der Waals surface area contributed by atoms with Crippen LogP contribution in [0.3, 0.4) is 0 Å². The molecule has 1 unspecified atom stereocenters. The summed E-state index contributed by atoms with van der Waals surface area (Å²) in [5.41, 5.74) is 1.32. The zero-order valence-corrected chi connectivity index (χ0v) is 12.9. The largest absolute Gasteiger partial charge is 0.497 e. The molecule has 0 amide bonds. The molecular formula is C16H28N2O. The van der Waals surface area contributed by atoms with Crippen molar-refractivity contribution in [1.29, 1.82) is 0 Å². The first-order valence-corrected chi connectivity index (χ1v) is 7.12. The predicted octanol–water partition coefficient (Wildman–Crippen LogP) is 2.76. The molecule has 1 N–H and O–H groups in total. The van der Waals surface area contributed by atoms with Crippen molar-refractivity contribution in [2.45, 2.75) is 33.4 Å². The highest BCUT2D eigenvalue weighted by Gasteiger charge is 2.18. The third-order valence-electron chi connectivity index (χ3n) is 3.53. The minimum absolute atomic E-state index is 0.557. The number of ether oxygens (including phenoxy) is 1. The van der Waals surface area contributed by atoms with Crippen molar-refractivity contribution in [2.24, 2.45) is 5.92 Å². The van der Waals surface area contributed by atoms with Crippen molar-refractivity contribution in [1.82, 2.24) is 10.2 Å². The van der Waals surface area contributed by atoms with Crippen LogP contribution in [0.4, 0.5) is 0 Å². The average Bonchev–Trinajstić information content (AvgIpc) is 2.39. The van der Waals surface area contributed by atoms with E-state index < -0.39 is 0 Å². The summed E-state index contributed by atoms with van der Waals surface area (Å²) in [5, 5.41) is 3.45. The summed E-state index contributed by atoms with van der Waals surface area (Å²) in [6, 6.07) is 8.89. The lowest BCUT2D eigenvalue weighted by Crippen LogP contribution is -2.43. The normalized spacial score (nSPS) is 13.0. The van der Waals surface area contributed by atoms with Gasteiger partial charge in [-0.1, -0.05) is 32.9 Å². The molecule has 1 aromatic carbocycles. The van der Waals surface area contributed by atoms with E-state index in [0.717, 1.165) is 25.4 Å². The van der Waals surface area contributed by atoms with Gasteiger partial charge in [0, 0.05) is 19.1 Å². The molecule has 0 aromatic heterocycles. The van der Waals surface area contributed by atoms with Gasteiger partial charge < -0.3 is 10.1 Å². The maximum Gasteiger partial charge on any atom is 0.118 e. The van der Waals surface area contributed by atoms with Crippen LogP contribution < -0.4 is 10.1 Å². The number of hydrogen-bond acceptors (Lipinski definition) is 3. The zero-order chi connectivity index (χ0) is 14.3. The Labute approximate surface area is 118 Å². The summed E-state index contributed by atoms with van der Waals surface area (Å²) in [5.74, 6) is 1.56. The van der Waals surface area contributed by atoms with Crippen molar-refractivity contribution in [2.75, 3.05) is 27.2 Å². The maximum absolute atomic E-state index is 5.19. The van der Waals surface area contributed by atoms with E-state index >= 15 is 0 Å². The fraction of sp³-hybridized carbons (Fsp3) is 0.625. The van der Waals surface area contributed by atoms with Gasteiger partial charge >= 0.3 is 0 Å². The van der Waals surface area contributed by atoms with Crippen molar-refractivity contribution >= 4 is 0 Å². The second-order valence-corrected chi connectivity index (χ2v) is 5.38. The highest BCUT2D eigenvalue weighted by molar-refractivity contribution is 5.27. The fourth-order valence-corrected chi connectivity index (χ4v) is 2.33. The van der Waals surface area contributed by atoms with E-state index in [1.807, 2.05) is 12.1 Å². The third kappa shape index (κ3) is 5.21. The number of likely N-dealkylation sites (N-methyl/N-ethyl adjacent to an activating group) is 2. The topological polar surface area (TPSA) is 24.5 Å². The molecule has 1 rings (SSSR count). The molecule has 1 atom stereocenters. The molecule has 0 heterocycles. The van der Waals surface area contributed by atoms with E-state index in [1.165, 1.54) is 5.56 Å². The first-order chi connectivity index (χ1) is 9.08. The molecule has 19 heavy (non-hydrogen) atoms. The minimum atomic E-state index is 0.557. The van der Waals surface area contributed by atoms with Crippen LogP contribution in [0.15, 0.2) is 24.3 Å².